The van der Waals surface area contributed by atoms with Gasteiger partial charge in [-0.05, 0) is 43.4 Å². The van der Waals surface area contributed by atoms with Gasteiger partial charge in [-0.1, -0.05) is 12.8 Å². The van der Waals surface area contributed by atoms with E-state index in [0.29, 0.717) is 22.8 Å². The molecule has 4 unspecified atom stereocenters. The van der Waals surface area contributed by atoms with Gasteiger partial charge in [-0.3, -0.25) is 15.3 Å². The lowest BCUT2D eigenvalue weighted by Gasteiger charge is -2.31. The van der Waals surface area contributed by atoms with Gasteiger partial charge in [-0.15, -0.1) is 11.3 Å². The van der Waals surface area contributed by atoms with Crippen molar-refractivity contribution in [1.82, 2.24) is 15.4 Å². The van der Waals surface area contributed by atoms with E-state index in [9.17, 15) is 9.59 Å². The molecule has 3 bridgehead atoms. The van der Waals surface area contributed by atoms with Crippen LogP contribution in [0, 0.1) is 17.8 Å². The number of nitrogens with one attached hydrogen (secondary N) is 2. The van der Waals surface area contributed by atoms with Crippen molar-refractivity contribution < 1.29 is 14.8 Å². The first-order valence-electron chi connectivity index (χ1n) is 9.07. The van der Waals surface area contributed by atoms with Crippen LogP contribution in [0.4, 0.5) is 9.93 Å². The van der Waals surface area contributed by atoms with Crippen LogP contribution in [0.3, 0.4) is 0 Å². The molecule has 3 amide bonds. The highest BCUT2D eigenvalue weighted by molar-refractivity contribution is 7.13. The average Bonchev–Trinajstić information content (AvgIpc) is 3.10. The van der Waals surface area contributed by atoms with Gasteiger partial charge in [0.2, 0.25) is 5.91 Å². The first kappa shape index (κ1) is 16.8. The summed E-state index contributed by atoms with van der Waals surface area (Å²) < 4.78 is 0. The number of rotatable bonds is 3. The van der Waals surface area contributed by atoms with Gasteiger partial charge in [0.1, 0.15) is 0 Å². The van der Waals surface area contributed by atoms with E-state index in [0.717, 1.165) is 31.2 Å². The molecular formula is C17H24N4O3S. The molecule has 1 aromatic rings. The number of amides is 3. The van der Waals surface area contributed by atoms with Crippen LogP contribution in [0.1, 0.15) is 44.2 Å². The number of carbonyl (C=O) groups is 2. The van der Waals surface area contributed by atoms with Crippen LogP contribution in [0.25, 0.3) is 0 Å². The quantitative estimate of drug-likeness (QED) is 0.568. The van der Waals surface area contributed by atoms with Gasteiger partial charge < -0.3 is 4.90 Å². The summed E-state index contributed by atoms with van der Waals surface area (Å²) in [5, 5.41) is 13.7. The Bertz CT molecular complexity index is 662. The van der Waals surface area contributed by atoms with E-state index in [-0.39, 0.29) is 12.5 Å². The first-order valence-corrected chi connectivity index (χ1v) is 9.95. The molecule has 0 aromatic carbocycles. The maximum absolute atomic E-state index is 12.8. The van der Waals surface area contributed by atoms with Crippen molar-refractivity contribution in [3.05, 3.63) is 11.1 Å². The number of anilines is 1. The second-order valence-electron chi connectivity index (χ2n) is 7.62. The average molecular weight is 364 g/mol. The molecule has 3 aliphatic rings. The van der Waals surface area contributed by atoms with E-state index in [1.807, 2.05) is 4.90 Å². The Balaban J connectivity index is 1.43. The molecule has 2 heterocycles. The molecule has 3 N–H and O–H groups in total. The van der Waals surface area contributed by atoms with Crippen LogP contribution in [-0.2, 0) is 11.2 Å². The highest BCUT2D eigenvalue weighted by atomic mass is 32.1. The Morgan fingerprint density at radius 1 is 1.28 bits per heavy atom. The predicted octanol–water partition coefficient (Wildman–Crippen LogP) is 2.62. The molecule has 136 valence electrons. The number of nitrogens with zero attached hydrogens (tertiary/aromatic N) is 2. The van der Waals surface area contributed by atoms with E-state index in [2.05, 4.69) is 10.3 Å². The Morgan fingerprint density at radius 3 is 2.96 bits per heavy atom. The maximum Gasteiger partial charge on any atom is 0.323 e. The van der Waals surface area contributed by atoms with Crippen LogP contribution in [0.5, 0.6) is 0 Å². The van der Waals surface area contributed by atoms with Gasteiger partial charge in [0, 0.05) is 18.0 Å². The zero-order valence-electron chi connectivity index (χ0n) is 14.1. The number of carbonyl (C=O) groups excluding carboxylic acids is 2. The fourth-order valence-electron chi connectivity index (χ4n) is 4.95. The molecule has 8 heteroatoms. The molecule has 2 saturated carbocycles. The normalized spacial score (nSPS) is 30.7. The molecule has 4 rings (SSSR count). The minimum absolute atomic E-state index is 0.000639. The third kappa shape index (κ3) is 3.50. The topological polar surface area (TPSA) is 94.6 Å². The number of hydroxylamine groups is 1. The number of fused-ring (bicyclic) bond motifs is 2. The van der Waals surface area contributed by atoms with E-state index in [1.54, 1.807) is 10.9 Å². The van der Waals surface area contributed by atoms with Crippen molar-refractivity contribution in [2.45, 2.75) is 51.0 Å². The van der Waals surface area contributed by atoms with Gasteiger partial charge >= 0.3 is 6.03 Å². The van der Waals surface area contributed by atoms with Crippen molar-refractivity contribution in [2.24, 2.45) is 17.8 Å². The molecule has 1 aromatic heterocycles. The first-order chi connectivity index (χ1) is 12.1. The van der Waals surface area contributed by atoms with Crippen LogP contribution >= 0.6 is 11.3 Å². The molecule has 1 saturated heterocycles. The summed E-state index contributed by atoms with van der Waals surface area (Å²) in [4.78, 5) is 30.4. The fraction of sp³-hybridized carbons (Fsp3) is 0.706. The van der Waals surface area contributed by atoms with Gasteiger partial charge in [-0.2, -0.15) is 0 Å². The van der Waals surface area contributed by atoms with Crippen molar-refractivity contribution in [3.63, 3.8) is 0 Å². The van der Waals surface area contributed by atoms with Crippen LogP contribution in [0.2, 0.25) is 0 Å². The van der Waals surface area contributed by atoms with Crippen molar-refractivity contribution >= 4 is 28.4 Å². The number of likely N-dealkylation sites (tertiary alicyclic amines) is 1. The molecule has 0 radical (unpaired) electrons. The summed E-state index contributed by atoms with van der Waals surface area (Å²) in [6.07, 6.45) is 7.44. The summed E-state index contributed by atoms with van der Waals surface area (Å²) in [6, 6.07) is 0.295. The molecule has 3 fully saturated rings. The Morgan fingerprint density at radius 2 is 2.12 bits per heavy atom. The Hall–Kier alpha value is -1.67. The number of hydrogen-bond acceptors (Lipinski definition) is 5. The van der Waals surface area contributed by atoms with E-state index in [1.165, 1.54) is 37.0 Å². The lowest BCUT2D eigenvalue weighted by molar-refractivity contribution is -0.128. The van der Waals surface area contributed by atoms with Crippen molar-refractivity contribution in [3.8, 4) is 0 Å². The molecule has 4 atom stereocenters. The highest BCUT2D eigenvalue weighted by Crippen LogP contribution is 2.47. The predicted molar refractivity (Wildman–Crippen MR) is 93.4 cm³/mol. The van der Waals surface area contributed by atoms with Crippen LogP contribution in [-0.4, -0.2) is 39.6 Å². The fourth-order valence-corrected chi connectivity index (χ4v) is 5.65. The second kappa shape index (κ2) is 6.92. The van der Waals surface area contributed by atoms with Gasteiger partial charge in [0.05, 0.1) is 12.1 Å². The summed E-state index contributed by atoms with van der Waals surface area (Å²) in [5.41, 5.74) is 2.13. The number of urea groups is 1. The summed E-state index contributed by atoms with van der Waals surface area (Å²) in [5.74, 6) is 1.72. The van der Waals surface area contributed by atoms with Gasteiger partial charge in [0.15, 0.2) is 5.13 Å². The number of aromatic nitrogens is 1. The third-order valence-corrected chi connectivity index (χ3v) is 6.83. The van der Waals surface area contributed by atoms with E-state index < -0.39 is 5.91 Å². The molecule has 25 heavy (non-hydrogen) atoms. The third-order valence-electron chi connectivity index (χ3n) is 6.03. The zero-order chi connectivity index (χ0) is 17.4. The van der Waals surface area contributed by atoms with E-state index >= 15 is 0 Å². The van der Waals surface area contributed by atoms with Gasteiger partial charge in [-0.25, -0.2) is 15.3 Å². The standard InChI is InChI=1S/C17H24N4O3S/c22-15(20-24)7-13-9-25-16(18-13)19-17(23)21-8-10-2-1-3-11-5-14(21)6-12(11)4-10/h9-12,14,24H,1-8H2,(H,20,22)(H,18,19,23). The molecule has 2 aliphatic carbocycles. The molecule has 1 aliphatic heterocycles. The Kier molecular flexibility index (Phi) is 4.64. The second-order valence-corrected chi connectivity index (χ2v) is 8.47. The van der Waals surface area contributed by atoms with Gasteiger partial charge in [0.25, 0.3) is 0 Å². The largest absolute Gasteiger partial charge is 0.323 e. The minimum atomic E-state index is -0.514. The summed E-state index contributed by atoms with van der Waals surface area (Å²) >= 11 is 1.31. The molecule has 0 spiro atoms. The molecular weight excluding hydrogens is 340 g/mol. The highest BCUT2D eigenvalue weighted by Gasteiger charge is 2.44. The van der Waals surface area contributed by atoms with Crippen LogP contribution < -0.4 is 10.8 Å². The monoisotopic (exact) mass is 364 g/mol. The minimum Gasteiger partial charge on any atom is -0.321 e. The maximum atomic E-state index is 12.8. The smallest absolute Gasteiger partial charge is 0.321 e. The zero-order valence-corrected chi connectivity index (χ0v) is 14.9. The van der Waals surface area contributed by atoms with Crippen LogP contribution in [0.15, 0.2) is 5.38 Å². The SMILES string of the molecule is O=C(Cc1csc(NC(=O)N2CC3CCCC4CC2CC4C3)n1)NO. The number of hydrogen-bond donors (Lipinski definition) is 3. The van der Waals surface area contributed by atoms with Crippen molar-refractivity contribution in [1.29, 1.82) is 0 Å². The summed E-state index contributed by atoms with van der Waals surface area (Å²) in [6.45, 7) is 0.852. The lowest BCUT2D eigenvalue weighted by atomic mass is 9.88. The lowest BCUT2D eigenvalue weighted by Crippen LogP contribution is -2.43. The van der Waals surface area contributed by atoms with E-state index in [4.69, 9.17) is 5.21 Å². The Labute approximate surface area is 150 Å². The summed E-state index contributed by atoms with van der Waals surface area (Å²) in [7, 11) is 0. The van der Waals surface area contributed by atoms with Crippen molar-refractivity contribution in [2.75, 3.05) is 11.9 Å². The molecule has 7 nitrogen and oxygen atoms in total. The number of thiazole rings is 1.